The Labute approximate surface area is 132 Å². The largest absolute Gasteiger partial charge is 0.493 e. The number of hydrogen-bond acceptors (Lipinski definition) is 4. The number of anilines is 1. The zero-order chi connectivity index (χ0) is 16.9. The van der Waals surface area contributed by atoms with E-state index in [2.05, 4.69) is 5.32 Å². The van der Waals surface area contributed by atoms with Gasteiger partial charge in [0.2, 0.25) is 5.75 Å². The molecule has 0 unspecified atom stereocenters. The molecule has 1 rings (SSSR count). The highest BCUT2D eigenvalue weighted by molar-refractivity contribution is 5.90. The van der Waals surface area contributed by atoms with Crippen LogP contribution in [0.5, 0.6) is 17.2 Å². The Hall–Kier alpha value is -2.11. The van der Waals surface area contributed by atoms with Crippen LogP contribution in [0.4, 0.5) is 10.5 Å². The van der Waals surface area contributed by atoms with Gasteiger partial charge < -0.3 is 24.4 Å². The number of amides is 2. The van der Waals surface area contributed by atoms with E-state index in [1.54, 1.807) is 17.0 Å². The molecule has 0 saturated carbocycles. The molecule has 0 aromatic heterocycles. The first-order valence-corrected chi connectivity index (χ1v) is 7.17. The Bertz CT molecular complexity index is 498. The van der Waals surface area contributed by atoms with E-state index < -0.39 is 0 Å². The van der Waals surface area contributed by atoms with Gasteiger partial charge in [-0.3, -0.25) is 0 Å². The Balaban J connectivity index is 3.10. The first-order chi connectivity index (χ1) is 10.3. The number of nitrogens with zero attached hydrogens (tertiary/aromatic N) is 1. The fraction of sp³-hybridized carbons (Fsp3) is 0.562. The summed E-state index contributed by atoms with van der Waals surface area (Å²) in [5.41, 5.74) is 0.321. The van der Waals surface area contributed by atoms with Crippen LogP contribution >= 0.6 is 0 Å². The van der Waals surface area contributed by atoms with Gasteiger partial charge in [-0.25, -0.2) is 4.79 Å². The molecule has 0 aliphatic rings. The van der Waals surface area contributed by atoms with E-state index in [0.29, 0.717) is 29.5 Å². The van der Waals surface area contributed by atoms with Crippen molar-refractivity contribution in [1.29, 1.82) is 0 Å². The molecule has 0 aliphatic heterocycles. The summed E-state index contributed by atoms with van der Waals surface area (Å²) < 4.78 is 15.8. The topological polar surface area (TPSA) is 60.0 Å². The SMILES string of the molecule is CCN(C(=O)Nc1cc(OC)c(OC)c(OC)c1)C(C)(C)C. The summed E-state index contributed by atoms with van der Waals surface area (Å²) in [5, 5.41) is 2.87. The van der Waals surface area contributed by atoms with Gasteiger partial charge in [-0.2, -0.15) is 0 Å². The van der Waals surface area contributed by atoms with E-state index in [-0.39, 0.29) is 11.6 Å². The quantitative estimate of drug-likeness (QED) is 0.906. The van der Waals surface area contributed by atoms with Crippen LogP contribution in [0, 0.1) is 0 Å². The third-order valence-electron chi connectivity index (χ3n) is 3.29. The smallest absolute Gasteiger partial charge is 0.322 e. The van der Waals surface area contributed by atoms with Crippen molar-refractivity contribution in [1.82, 2.24) is 4.90 Å². The van der Waals surface area contributed by atoms with Crippen LogP contribution in [0.2, 0.25) is 0 Å². The van der Waals surface area contributed by atoms with Gasteiger partial charge in [0.15, 0.2) is 11.5 Å². The lowest BCUT2D eigenvalue weighted by atomic mass is 10.1. The number of methoxy groups -OCH3 is 3. The fourth-order valence-electron chi connectivity index (χ4n) is 2.27. The lowest BCUT2D eigenvalue weighted by Crippen LogP contribution is -2.47. The number of urea groups is 1. The zero-order valence-corrected chi connectivity index (χ0v) is 14.4. The molecule has 124 valence electrons. The Morgan fingerprint density at radius 2 is 1.59 bits per heavy atom. The summed E-state index contributed by atoms with van der Waals surface area (Å²) in [6.45, 7) is 8.53. The summed E-state index contributed by atoms with van der Waals surface area (Å²) in [6, 6.07) is 3.23. The molecule has 2 amide bonds. The molecule has 0 atom stereocenters. The lowest BCUT2D eigenvalue weighted by Gasteiger charge is -2.34. The maximum atomic E-state index is 12.4. The van der Waals surface area contributed by atoms with Crippen molar-refractivity contribution >= 4 is 11.7 Å². The van der Waals surface area contributed by atoms with Gasteiger partial charge in [0.05, 0.1) is 27.0 Å². The maximum Gasteiger partial charge on any atom is 0.322 e. The maximum absolute atomic E-state index is 12.4. The molecule has 0 saturated heterocycles. The van der Waals surface area contributed by atoms with Crippen LogP contribution in [0.25, 0.3) is 0 Å². The van der Waals surface area contributed by atoms with Crippen LogP contribution < -0.4 is 19.5 Å². The van der Waals surface area contributed by atoms with Crippen LogP contribution in [0.15, 0.2) is 12.1 Å². The molecular weight excluding hydrogens is 284 g/mol. The third-order valence-corrected chi connectivity index (χ3v) is 3.29. The Morgan fingerprint density at radius 1 is 1.09 bits per heavy atom. The second-order valence-electron chi connectivity index (χ2n) is 5.76. The van der Waals surface area contributed by atoms with Crippen molar-refractivity contribution < 1.29 is 19.0 Å². The van der Waals surface area contributed by atoms with Crippen molar-refractivity contribution in [2.45, 2.75) is 33.2 Å². The molecule has 22 heavy (non-hydrogen) atoms. The number of nitrogens with one attached hydrogen (secondary N) is 1. The first-order valence-electron chi connectivity index (χ1n) is 7.17. The number of ether oxygens (including phenoxy) is 3. The number of carbonyl (C=O) groups excluding carboxylic acids is 1. The van der Waals surface area contributed by atoms with Gasteiger partial charge in [0.1, 0.15) is 0 Å². The molecular formula is C16H26N2O4. The highest BCUT2D eigenvalue weighted by atomic mass is 16.5. The third kappa shape index (κ3) is 3.96. The van der Waals surface area contributed by atoms with E-state index >= 15 is 0 Å². The van der Waals surface area contributed by atoms with Gasteiger partial charge >= 0.3 is 6.03 Å². The number of benzene rings is 1. The van der Waals surface area contributed by atoms with Gasteiger partial charge in [-0.15, -0.1) is 0 Å². The highest BCUT2D eigenvalue weighted by Gasteiger charge is 2.25. The van der Waals surface area contributed by atoms with E-state index in [9.17, 15) is 4.79 Å². The second-order valence-corrected chi connectivity index (χ2v) is 5.76. The van der Waals surface area contributed by atoms with E-state index in [4.69, 9.17) is 14.2 Å². The molecule has 0 fully saturated rings. The predicted octanol–water partition coefficient (Wildman–Crippen LogP) is 3.36. The van der Waals surface area contributed by atoms with E-state index in [0.717, 1.165) is 0 Å². The summed E-state index contributed by atoms with van der Waals surface area (Å²) in [7, 11) is 4.61. The number of carbonyl (C=O) groups is 1. The summed E-state index contributed by atoms with van der Waals surface area (Å²) in [5.74, 6) is 1.48. The zero-order valence-electron chi connectivity index (χ0n) is 14.4. The molecule has 6 heteroatoms. The van der Waals surface area contributed by atoms with Crippen molar-refractivity contribution in [3.05, 3.63) is 12.1 Å². The van der Waals surface area contributed by atoms with E-state index in [1.807, 2.05) is 27.7 Å². The van der Waals surface area contributed by atoms with E-state index in [1.165, 1.54) is 21.3 Å². The molecule has 6 nitrogen and oxygen atoms in total. The molecule has 1 N–H and O–H groups in total. The summed E-state index contributed by atoms with van der Waals surface area (Å²) in [6.07, 6.45) is 0. The second kappa shape index (κ2) is 7.24. The minimum atomic E-state index is -0.264. The normalized spacial score (nSPS) is 10.9. The van der Waals surface area contributed by atoms with Crippen molar-refractivity contribution in [2.75, 3.05) is 33.2 Å². The molecule has 0 heterocycles. The number of rotatable bonds is 5. The fourth-order valence-corrected chi connectivity index (χ4v) is 2.27. The average Bonchev–Trinajstić information content (AvgIpc) is 2.45. The average molecular weight is 310 g/mol. The van der Waals surface area contributed by atoms with Gasteiger partial charge in [0.25, 0.3) is 0 Å². The van der Waals surface area contributed by atoms with Gasteiger partial charge in [0, 0.05) is 24.2 Å². The highest BCUT2D eigenvalue weighted by Crippen LogP contribution is 2.40. The molecule has 0 spiro atoms. The molecule has 1 aromatic rings. The van der Waals surface area contributed by atoms with Crippen molar-refractivity contribution in [3.8, 4) is 17.2 Å². The molecule has 0 aliphatic carbocycles. The minimum absolute atomic E-state index is 0.177. The summed E-state index contributed by atoms with van der Waals surface area (Å²) in [4.78, 5) is 14.2. The standard InChI is InChI=1S/C16H26N2O4/c1-8-18(16(2,3)4)15(19)17-11-9-12(20-5)14(22-7)13(10-11)21-6/h9-10H,8H2,1-7H3,(H,17,19). The van der Waals surface area contributed by atoms with Gasteiger partial charge in [-0.1, -0.05) is 0 Å². The van der Waals surface area contributed by atoms with Crippen LogP contribution in [-0.2, 0) is 0 Å². The molecule has 0 bridgehead atoms. The van der Waals surface area contributed by atoms with Crippen molar-refractivity contribution in [3.63, 3.8) is 0 Å². The molecule has 1 aromatic carbocycles. The predicted molar refractivity (Wildman–Crippen MR) is 87.2 cm³/mol. The van der Waals surface area contributed by atoms with Crippen LogP contribution in [0.3, 0.4) is 0 Å². The minimum Gasteiger partial charge on any atom is -0.493 e. The Kier molecular flexibility index (Phi) is 5.91. The molecule has 0 radical (unpaired) electrons. The monoisotopic (exact) mass is 310 g/mol. The van der Waals surface area contributed by atoms with Crippen molar-refractivity contribution in [2.24, 2.45) is 0 Å². The first kappa shape index (κ1) is 17.9. The Morgan fingerprint density at radius 3 is 1.91 bits per heavy atom. The number of hydrogen-bond donors (Lipinski definition) is 1. The lowest BCUT2D eigenvalue weighted by molar-refractivity contribution is 0.162. The van der Waals surface area contributed by atoms with Crippen LogP contribution in [0.1, 0.15) is 27.7 Å². The van der Waals surface area contributed by atoms with Gasteiger partial charge in [-0.05, 0) is 27.7 Å². The summed E-state index contributed by atoms with van der Waals surface area (Å²) >= 11 is 0. The van der Waals surface area contributed by atoms with Crippen LogP contribution in [-0.4, -0.2) is 44.3 Å².